The summed E-state index contributed by atoms with van der Waals surface area (Å²) < 4.78 is 39.3. The lowest BCUT2D eigenvalue weighted by molar-refractivity contribution is 0.224. The van der Waals surface area contributed by atoms with Crippen molar-refractivity contribution < 1.29 is 17.9 Å². The highest BCUT2D eigenvalue weighted by Gasteiger charge is 2.42. The van der Waals surface area contributed by atoms with Crippen LogP contribution in [0.2, 0.25) is 0 Å². The highest BCUT2D eigenvalue weighted by atomic mass is 32.2. The lowest BCUT2D eigenvalue weighted by Gasteiger charge is -2.42. The van der Waals surface area contributed by atoms with E-state index in [9.17, 15) is 8.42 Å². The van der Waals surface area contributed by atoms with Crippen LogP contribution < -0.4 is 14.2 Å². The Morgan fingerprint density at radius 1 is 1.00 bits per heavy atom. The van der Waals surface area contributed by atoms with Crippen molar-refractivity contribution in [3.8, 4) is 11.5 Å². The first kappa shape index (κ1) is 16.8. The van der Waals surface area contributed by atoms with Crippen LogP contribution in [0, 0.1) is 0 Å². The van der Waals surface area contributed by atoms with Gasteiger partial charge in [0.1, 0.15) is 16.4 Å². The van der Waals surface area contributed by atoms with E-state index in [1.807, 2.05) is 30.3 Å². The van der Waals surface area contributed by atoms with Gasteiger partial charge in [0.05, 0.1) is 19.8 Å². The summed E-state index contributed by atoms with van der Waals surface area (Å²) in [7, 11) is -0.799. The Morgan fingerprint density at radius 3 is 2.25 bits per heavy atom. The van der Waals surface area contributed by atoms with E-state index in [0.717, 1.165) is 24.8 Å². The Kier molecular flexibility index (Phi) is 4.51. The number of sulfonamides is 1. The molecular formula is C18H21NO4S. The maximum atomic E-state index is 13.0. The molecule has 0 aromatic heterocycles. The van der Waals surface area contributed by atoms with Gasteiger partial charge in [-0.25, -0.2) is 13.1 Å². The molecule has 1 saturated carbocycles. The maximum absolute atomic E-state index is 13.0. The van der Waals surface area contributed by atoms with E-state index in [1.54, 1.807) is 12.1 Å². The van der Waals surface area contributed by atoms with Gasteiger partial charge < -0.3 is 9.47 Å². The number of nitrogens with one attached hydrogen (secondary N) is 1. The fourth-order valence-corrected chi connectivity index (χ4v) is 4.68. The van der Waals surface area contributed by atoms with Gasteiger partial charge in [-0.15, -0.1) is 0 Å². The molecule has 2 aromatic carbocycles. The van der Waals surface area contributed by atoms with Crippen molar-refractivity contribution in [3.63, 3.8) is 0 Å². The molecule has 1 aliphatic carbocycles. The molecule has 0 saturated heterocycles. The van der Waals surface area contributed by atoms with E-state index in [2.05, 4.69) is 4.72 Å². The fourth-order valence-electron chi connectivity index (χ4n) is 3.04. The van der Waals surface area contributed by atoms with Gasteiger partial charge in [-0.2, -0.15) is 0 Å². The first-order valence-corrected chi connectivity index (χ1v) is 9.31. The quantitative estimate of drug-likeness (QED) is 0.872. The maximum Gasteiger partial charge on any atom is 0.245 e. The van der Waals surface area contributed by atoms with E-state index in [-0.39, 0.29) is 4.90 Å². The highest BCUT2D eigenvalue weighted by Crippen LogP contribution is 2.43. The van der Waals surface area contributed by atoms with Crippen LogP contribution in [0.25, 0.3) is 0 Å². The summed E-state index contributed by atoms with van der Waals surface area (Å²) in [5.41, 5.74) is 0.440. The van der Waals surface area contributed by atoms with Gasteiger partial charge >= 0.3 is 0 Å². The molecule has 1 aliphatic rings. The predicted molar refractivity (Wildman–Crippen MR) is 91.8 cm³/mol. The number of benzene rings is 2. The molecule has 0 unspecified atom stereocenters. The van der Waals surface area contributed by atoms with Gasteiger partial charge in [0.25, 0.3) is 0 Å². The molecule has 0 aliphatic heterocycles. The van der Waals surface area contributed by atoms with Gasteiger partial charge in [-0.3, -0.25) is 0 Å². The van der Waals surface area contributed by atoms with Crippen molar-refractivity contribution in [2.75, 3.05) is 14.2 Å². The Hall–Kier alpha value is -2.05. The Morgan fingerprint density at radius 2 is 1.71 bits per heavy atom. The summed E-state index contributed by atoms with van der Waals surface area (Å²) >= 11 is 0. The van der Waals surface area contributed by atoms with Crippen molar-refractivity contribution in [2.45, 2.75) is 29.7 Å². The Balaban J connectivity index is 2.00. The number of ether oxygens (including phenoxy) is 2. The average Bonchev–Trinajstić information content (AvgIpc) is 2.58. The SMILES string of the molecule is COc1ccc(OC)c(S(=O)(=O)NC2(c3ccccc3)CCC2)c1. The van der Waals surface area contributed by atoms with E-state index in [0.29, 0.717) is 11.5 Å². The van der Waals surface area contributed by atoms with Crippen molar-refractivity contribution in [1.29, 1.82) is 0 Å². The van der Waals surface area contributed by atoms with Crippen molar-refractivity contribution in [2.24, 2.45) is 0 Å². The van der Waals surface area contributed by atoms with Gasteiger partial charge in [0.15, 0.2) is 0 Å². The molecule has 24 heavy (non-hydrogen) atoms. The first-order chi connectivity index (χ1) is 11.5. The summed E-state index contributed by atoms with van der Waals surface area (Å²) in [5, 5.41) is 0. The summed E-state index contributed by atoms with van der Waals surface area (Å²) in [5.74, 6) is 0.768. The molecule has 3 rings (SSSR count). The minimum absolute atomic E-state index is 0.0894. The smallest absolute Gasteiger partial charge is 0.245 e. The van der Waals surface area contributed by atoms with E-state index >= 15 is 0 Å². The summed E-state index contributed by atoms with van der Waals surface area (Å²) in [6, 6.07) is 14.5. The Bertz CT molecular complexity index is 814. The van der Waals surface area contributed by atoms with Crippen LogP contribution in [0.1, 0.15) is 24.8 Å². The lowest BCUT2D eigenvalue weighted by Crippen LogP contribution is -2.50. The standard InChI is InChI=1S/C18H21NO4S/c1-22-15-9-10-16(23-2)17(13-15)24(20,21)19-18(11-6-12-18)14-7-4-3-5-8-14/h3-5,7-10,13,19H,6,11-12H2,1-2H3. The molecule has 0 bridgehead atoms. The molecule has 6 heteroatoms. The summed E-state index contributed by atoms with van der Waals surface area (Å²) in [6.07, 6.45) is 2.55. The monoisotopic (exact) mass is 347 g/mol. The molecule has 128 valence electrons. The molecule has 0 atom stereocenters. The van der Waals surface area contributed by atoms with E-state index in [4.69, 9.17) is 9.47 Å². The molecule has 0 heterocycles. The number of rotatable bonds is 6. The number of hydrogen-bond acceptors (Lipinski definition) is 4. The third kappa shape index (κ3) is 2.99. The average molecular weight is 347 g/mol. The first-order valence-electron chi connectivity index (χ1n) is 7.82. The highest BCUT2D eigenvalue weighted by molar-refractivity contribution is 7.89. The van der Waals surface area contributed by atoms with E-state index < -0.39 is 15.6 Å². The minimum atomic E-state index is -3.76. The zero-order valence-corrected chi connectivity index (χ0v) is 14.6. The second kappa shape index (κ2) is 6.45. The van der Waals surface area contributed by atoms with Gasteiger partial charge in [0, 0.05) is 6.07 Å². The normalized spacial score (nSPS) is 16.2. The van der Waals surface area contributed by atoms with Crippen LogP contribution in [0.5, 0.6) is 11.5 Å². The summed E-state index contributed by atoms with van der Waals surface area (Å²) in [6.45, 7) is 0. The fraction of sp³-hybridized carbons (Fsp3) is 0.333. The minimum Gasteiger partial charge on any atom is -0.497 e. The van der Waals surface area contributed by atoms with Crippen molar-refractivity contribution in [1.82, 2.24) is 4.72 Å². The second-order valence-corrected chi connectivity index (χ2v) is 7.57. The van der Waals surface area contributed by atoms with Gasteiger partial charge in [-0.1, -0.05) is 30.3 Å². The molecule has 0 spiro atoms. The van der Waals surface area contributed by atoms with E-state index in [1.165, 1.54) is 20.3 Å². The molecule has 2 aromatic rings. The number of methoxy groups -OCH3 is 2. The van der Waals surface area contributed by atoms with Crippen molar-refractivity contribution in [3.05, 3.63) is 54.1 Å². The molecule has 5 nitrogen and oxygen atoms in total. The topological polar surface area (TPSA) is 64.6 Å². The van der Waals surface area contributed by atoms with Gasteiger partial charge in [-0.05, 0) is 37.0 Å². The van der Waals surface area contributed by atoms with Gasteiger partial charge in [0.2, 0.25) is 10.0 Å². The number of hydrogen-bond donors (Lipinski definition) is 1. The van der Waals surface area contributed by atoms with Crippen LogP contribution in [0.15, 0.2) is 53.4 Å². The molecule has 1 N–H and O–H groups in total. The third-order valence-corrected chi connectivity index (χ3v) is 6.08. The second-order valence-electron chi connectivity index (χ2n) is 5.92. The largest absolute Gasteiger partial charge is 0.497 e. The summed E-state index contributed by atoms with van der Waals surface area (Å²) in [4.78, 5) is 0.0894. The van der Waals surface area contributed by atoms with Crippen LogP contribution in [0.4, 0.5) is 0 Å². The van der Waals surface area contributed by atoms with Crippen LogP contribution in [-0.2, 0) is 15.6 Å². The molecule has 0 radical (unpaired) electrons. The third-order valence-electron chi connectivity index (χ3n) is 4.52. The Labute approximate surface area is 142 Å². The molecular weight excluding hydrogens is 326 g/mol. The lowest BCUT2D eigenvalue weighted by atomic mass is 9.73. The zero-order valence-electron chi connectivity index (χ0n) is 13.8. The predicted octanol–water partition coefficient (Wildman–Crippen LogP) is 3.06. The zero-order chi connectivity index (χ0) is 17.2. The molecule has 1 fully saturated rings. The molecule has 0 amide bonds. The van der Waals surface area contributed by atoms with Crippen LogP contribution in [-0.4, -0.2) is 22.6 Å². The van der Waals surface area contributed by atoms with Crippen LogP contribution in [0.3, 0.4) is 0 Å². The van der Waals surface area contributed by atoms with Crippen molar-refractivity contribution >= 4 is 10.0 Å². The van der Waals surface area contributed by atoms with Crippen LogP contribution >= 0.6 is 0 Å².